The van der Waals surface area contributed by atoms with Crippen molar-refractivity contribution in [2.45, 2.75) is 6.42 Å². The average molecular weight is 408 g/mol. The van der Waals surface area contributed by atoms with Crippen LogP contribution in [0, 0.1) is 19.5 Å². The van der Waals surface area contributed by atoms with Gasteiger partial charge in [0.05, 0.1) is 8.49 Å². The number of nitrogens with zero attached hydrogens (tertiary/aromatic N) is 2. The number of benzene rings is 1. The van der Waals surface area contributed by atoms with E-state index in [0.29, 0.717) is 6.54 Å². The highest BCUT2D eigenvalue weighted by Crippen LogP contribution is 2.28. The molecule has 0 bridgehead atoms. The minimum atomic E-state index is -0.486. The van der Waals surface area contributed by atoms with Crippen LogP contribution in [0.25, 0.3) is 0 Å². The highest BCUT2D eigenvalue weighted by molar-refractivity contribution is 14.1. The quantitative estimate of drug-likeness (QED) is 0.327. The maximum Gasteiger partial charge on any atom is 0.293 e. The number of nitrogens with one attached hydrogen (secondary N) is 2. The molecule has 0 aromatic heterocycles. The summed E-state index contributed by atoms with van der Waals surface area (Å²) in [7, 11) is 0. The first-order valence-corrected chi connectivity index (χ1v) is 7.96. The van der Waals surface area contributed by atoms with Gasteiger partial charge in [-0.05, 0) is 35.6 Å². The van der Waals surface area contributed by atoms with E-state index < -0.39 is 10.7 Å². The minimum absolute atomic E-state index is 0.0806. The van der Waals surface area contributed by atoms with E-state index in [4.69, 9.17) is 0 Å². The third-order valence-electron chi connectivity index (χ3n) is 3.41. The van der Waals surface area contributed by atoms with Crippen LogP contribution in [0.15, 0.2) is 12.1 Å². The van der Waals surface area contributed by atoms with Crippen LogP contribution < -0.4 is 10.6 Å². The highest BCUT2D eigenvalue weighted by Gasteiger charge is 2.17. The molecular weight excluding hydrogens is 390 g/mol. The number of nitro groups is 1. The summed E-state index contributed by atoms with van der Waals surface area (Å²) in [6.45, 7) is 5.58. The molecule has 0 amide bonds. The van der Waals surface area contributed by atoms with Crippen molar-refractivity contribution in [1.29, 1.82) is 0 Å². The van der Waals surface area contributed by atoms with Gasteiger partial charge in [0.1, 0.15) is 11.5 Å². The second-order valence-electron chi connectivity index (χ2n) is 4.91. The van der Waals surface area contributed by atoms with Crippen LogP contribution in [0.3, 0.4) is 0 Å². The van der Waals surface area contributed by atoms with Crippen molar-refractivity contribution in [3.8, 4) is 0 Å². The van der Waals surface area contributed by atoms with E-state index >= 15 is 0 Å². The molecule has 0 spiro atoms. The van der Waals surface area contributed by atoms with Crippen LogP contribution in [0.4, 0.5) is 15.8 Å². The van der Waals surface area contributed by atoms with E-state index in [-0.39, 0.29) is 14.9 Å². The lowest BCUT2D eigenvalue weighted by Crippen LogP contribution is -2.44. The second-order valence-corrected chi connectivity index (χ2v) is 6.07. The summed E-state index contributed by atoms with van der Waals surface area (Å²) in [6, 6.07) is 2.46. The maximum absolute atomic E-state index is 13.5. The molecule has 21 heavy (non-hydrogen) atoms. The Kier molecular flexibility index (Phi) is 6.12. The summed E-state index contributed by atoms with van der Waals surface area (Å²) < 4.78 is 13.8. The number of rotatable bonds is 6. The van der Waals surface area contributed by atoms with Gasteiger partial charge in [-0.1, -0.05) is 0 Å². The van der Waals surface area contributed by atoms with Crippen molar-refractivity contribution in [2.75, 3.05) is 44.6 Å². The second kappa shape index (κ2) is 7.85. The lowest BCUT2D eigenvalue weighted by atomic mass is 10.2. The van der Waals surface area contributed by atoms with Crippen LogP contribution in [0.2, 0.25) is 0 Å². The van der Waals surface area contributed by atoms with Crippen molar-refractivity contribution in [2.24, 2.45) is 0 Å². The largest absolute Gasteiger partial charge is 0.379 e. The van der Waals surface area contributed by atoms with Gasteiger partial charge >= 0.3 is 0 Å². The monoisotopic (exact) mass is 408 g/mol. The van der Waals surface area contributed by atoms with E-state index in [1.807, 2.05) is 0 Å². The van der Waals surface area contributed by atoms with Crippen molar-refractivity contribution < 1.29 is 9.31 Å². The zero-order valence-electron chi connectivity index (χ0n) is 11.6. The van der Waals surface area contributed by atoms with Gasteiger partial charge < -0.3 is 15.5 Å². The van der Waals surface area contributed by atoms with Crippen molar-refractivity contribution in [3.63, 3.8) is 0 Å². The van der Waals surface area contributed by atoms with Gasteiger partial charge in [0.25, 0.3) is 5.69 Å². The number of hydrogen-bond donors (Lipinski definition) is 2. The molecular formula is C13H18FIN4O2. The summed E-state index contributed by atoms with van der Waals surface area (Å²) in [5.41, 5.74) is 0.168. The first kappa shape index (κ1) is 16.4. The van der Waals surface area contributed by atoms with E-state index in [2.05, 4.69) is 15.5 Å². The fourth-order valence-electron chi connectivity index (χ4n) is 2.29. The van der Waals surface area contributed by atoms with Gasteiger partial charge in [0, 0.05) is 44.9 Å². The fraction of sp³-hybridized carbons (Fsp3) is 0.538. The Balaban J connectivity index is 1.87. The van der Waals surface area contributed by atoms with Crippen LogP contribution in [-0.4, -0.2) is 49.1 Å². The van der Waals surface area contributed by atoms with E-state index in [0.717, 1.165) is 39.1 Å². The Morgan fingerprint density at radius 3 is 2.81 bits per heavy atom. The highest BCUT2D eigenvalue weighted by atomic mass is 127. The molecule has 1 saturated heterocycles. The zero-order chi connectivity index (χ0) is 15.2. The van der Waals surface area contributed by atoms with Crippen LogP contribution in [0.1, 0.15) is 6.42 Å². The van der Waals surface area contributed by atoms with Crippen LogP contribution in [0.5, 0.6) is 0 Å². The van der Waals surface area contributed by atoms with Gasteiger partial charge in [-0.25, -0.2) is 4.39 Å². The number of nitro benzene ring substituents is 1. The first-order chi connectivity index (χ1) is 10.1. The number of halogens is 2. The Bertz CT molecular complexity index is 509. The van der Waals surface area contributed by atoms with Crippen LogP contribution in [-0.2, 0) is 0 Å². The summed E-state index contributed by atoms with van der Waals surface area (Å²) in [5.74, 6) is -0.439. The first-order valence-electron chi connectivity index (χ1n) is 6.88. The lowest BCUT2D eigenvalue weighted by molar-refractivity contribution is -0.384. The summed E-state index contributed by atoms with van der Waals surface area (Å²) in [5, 5.41) is 17.3. The van der Waals surface area contributed by atoms with Crippen molar-refractivity contribution in [1.82, 2.24) is 10.2 Å². The third kappa shape index (κ3) is 4.75. The molecule has 2 N–H and O–H groups in total. The molecule has 0 saturated carbocycles. The van der Waals surface area contributed by atoms with E-state index in [1.54, 1.807) is 22.6 Å². The molecule has 0 radical (unpaired) electrons. The van der Waals surface area contributed by atoms with Gasteiger partial charge in [-0.2, -0.15) is 0 Å². The number of anilines is 1. The molecule has 1 aromatic rings. The van der Waals surface area contributed by atoms with Gasteiger partial charge in [-0.15, -0.1) is 0 Å². The molecule has 1 aromatic carbocycles. The van der Waals surface area contributed by atoms with Gasteiger partial charge in [-0.3, -0.25) is 10.1 Å². The standard InChI is InChI=1S/C13H18FIN4O2/c14-10-8-12(13(19(20)21)9-11(10)15)17-2-1-5-18-6-3-16-4-7-18/h8-9,16-17H,1-7H2. The fourth-order valence-corrected chi connectivity index (χ4v) is 2.74. The predicted octanol–water partition coefficient (Wildman–Crippen LogP) is 2.05. The molecule has 1 aliphatic rings. The third-order valence-corrected chi connectivity index (χ3v) is 4.24. The average Bonchev–Trinajstić information content (AvgIpc) is 2.47. The van der Waals surface area contributed by atoms with E-state index in [9.17, 15) is 14.5 Å². The summed E-state index contributed by atoms with van der Waals surface area (Å²) in [4.78, 5) is 12.9. The van der Waals surface area contributed by atoms with Gasteiger partial charge in [0.15, 0.2) is 0 Å². The SMILES string of the molecule is O=[N+]([O-])c1cc(I)c(F)cc1NCCCN1CCNCC1. The molecule has 1 fully saturated rings. The molecule has 6 nitrogen and oxygen atoms in total. The lowest BCUT2D eigenvalue weighted by Gasteiger charge is -2.27. The smallest absolute Gasteiger partial charge is 0.293 e. The Morgan fingerprint density at radius 1 is 1.43 bits per heavy atom. The summed E-state index contributed by atoms with van der Waals surface area (Å²) in [6.07, 6.45) is 0.866. The predicted molar refractivity (Wildman–Crippen MR) is 88.2 cm³/mol. The Hall–Kier alpha value is -1.00. The maximum atomic E-state index is 13.5. The van der Waals surface area contributed by atoms with Crippen LogP contribution >= 0.6 is 22.6 Å². The van der Waals surface area contributed by atoms with E-state index in [1.165, 1.54) is 12.1 Å². The molecule has 8 heteroatoms. The molecule has 0 atom stereocenters. The molecule has 2 rings (SSSR count). The molecule has 0 aliphatic carbocycles. The van der Waals surface area contributed by atoms with Crippen molar-refractivity contribution in [3.05, 3.63) is 31.6 Å². The zero-order valence-corrected chi connectivity index (χ0v) is 13.7. The minimum Gasteiger partial charge on any atom is -0.379 e. The van der Waals surface area contributed by atoms with Crippen molar-refractivity contribution >= 4 is 34.0 Å². The number of piperazine rings is 1. The molecule has 1 aliphatic heterocycles. The normalized spacial score (nSPS) is 15.9. The number of hydrogen-bond acceptors (Lipinski definition) is 5. The molecule has 1 heterocycles. The molecule has 116 valence electrons. The topological polar surface area (TPSA) is 70.4 Å². The Labute approximate surface area is 136 Å². The molecule has 0 unspecified atom stereocenters. The Morgan fingerprint density at radius 2 is 2.14 bits per heavy atom. The van der Waals surface area contributed by atoms with Gasteiger partial charge in [0.2, 0.25) is 0 Å². The summed E-state index contributed by atoms with van der Waals surface area (Å²) >= 11 is 1.75.